The molecule has 0 radical (unpaired) electrons. The van der Waals surface area contributed by atoms with Crippen molar-refractivity contribution in [3.63, 3.8) is 0 Å². The second kappa shape index (κ2) is 7.35. The number of non-ortho nitro benzene ring substituents is 1. The van der Waals surface area contributed by atoms with Gasteiger partial charge in [0.05, 0.1) is 4.92 Å². The minimum Gasteiger partial charge on any atom is -0.456 e. The first-order chi connectivity index (χ1) is 15.7. The van der Waals surface area contributed by atoms with E-state index in [0.29, 0.717) is 0 Å². The van der Waals surface area contributed by atoms with Crippen molar-refractivity contribution >= 4 is 34.3 Å². The van der Waals surface area contributed by atoms with Gasteiger partial charge in [0, 0.05) is 52.4 Å². The summed E-state index contributed by atoms with van der Waals surface area (Å²) >= 11 is 1.79. The van der Waals surface area contributed by atoms with Crippen LogP contribution in [0.4, 0.5) is 11.4 Å². The van der Waals surface area contributed by atoms with E-state index in [2.05, 4.69) is 44.0 Å². The first-order valence-corrected chi connectivity index (χ1v) is 11.6. The Kier molecular flexibility index (Phi) is 4.79. The fourth-order valence-electron chi connectivity index (χ4n) is 4.91. The molecule has 2 aromatic rings. The van der Waals surface area contributed by atoms with Crippen LogP contribution in [-0.2, 0) is 5.41 Å². The molecule has 1 unspecified atom stereocenters. The van der Waals surface area contributed by atoms with Crippen LogP contribution in [0.1, 0.15) is 25.0 Å². The lowest BCUT2D eigenvalue weighted by atomic mass is 9.79. The standard InChI is InChI=1S/C26H26N3O3S/c1-25(2)20-16-17(29(30)31)10-11-21(20)28(5)26(25)14-12-19-23(13-15-27(3)4)32-22-9-7-6-8-18(22)24(19)33-26/h6-16H,1-5H3/q+1/b23-13-. The van der Waals surface area contributed by atoms with Crippen molar-refractivity contribution in [2.45, 2.75) is 24.1 Å². The number of anilines is 1. The van der Waals surface area contributed by atoms with Gasteiger partial charge in [-0.1, -0.05) is 49.9 Å². The highest BCUT2D eigenvalue weighted by Gasteiger charge is 2.57. The van der Waals surface area contributed by atoms with E-state index in [1.807, 2.05) is 55.2 Å². The minimum atomic E-state index is -0.440. The molecule has 7 heteroatoms. The molecular weight excluding hydrogens is 434 g/mol. The van der Waals surface area contributed by atoms with Crippen LogP contribution >= 0.6 is 11.8 Å². The average molecular weight is 461 g/mol. The van der Waals surface area contributed by atoms with Crippen molar-refractivity contribution in [1.29, 1.82) is 0 Å². The molecule has 168 valence electrons. The molecule has 0 fully saturated rings. The van der Waals surface area contributed by atoms with Gasteiger partial charge in [0.15, 0.2) is 6.21 Å². The van der Waals surface area contributed by atoms with Crippen LogP contribution in [0.2, 0.25) is 0 Å². The van der Waals surface area contributed by atoms with Gasteiger partial charge in [-0.3, -0.25) is 10.1 Å². The number of thioether (sulfide) groups is 1. The van der Waals surface area contributed by atoms with E-state index < -0.39 is 4.87 Å². The fourth-order valence-corrected chi connectivity index (χ4v) is 6.51. The Balaban J connectivity index is 1.67. The maximum absolute atomic E-state index is 11.5. The Morgan fingerprint density at radius 2 is 1.91 bits per heavy atom. The van der Waals surface area contributed by atoms with Crippen LogP contribution in [0, 0.1) is 10.1 Å². The van der Waals surface area contributed by atoms with Crippen molar-refractivity contribution in [1.82, 2.24) is 0 Å². The Hall–Kier alpha value is -3.32. The van der Waals surface area contributed by atoms with Crippen molar-refractivity contribution in [3.8, 4) is 5.75 Å². The molecule has 1 atom stereocenters. The number of nitro groups is 1. The summed E-state index contributed by atoms with van der Waals surface area (Å²) in [5, 5.41) is 11.5. The smallest absolute Gasteiger partial charge is 0.269 e. The van der Waals surface area contributed by atoms with Crippen molar-refractivity contribution < 1.29 is 14.2 Å². The maximum Gasteiger partial charge on any atom is 0.269 e. The minimum absolute atomic E-state index is 0.123. The fraction of sp³-hybridized carbons (Fsp3) is 0.269. The van der Waals surface area contributed by atoms with Crippen LogP contribution in [0.5, 0.6) is 5.75 Å². The maximum atomic E-state index is 11.5. The van der Waals surface area contributed by atoms with Gasteiger partial charge < -0.3 is 9.64 Å². The van der Waals surface area contributed by atoms with E-state index in [-0.39, 0.29) is 16.0 Å². The third-order valence-corrected chi connectivity index (χ3v) is 8.61. The molecule has 0 bridgehead atoms. The number of allylic oxidation sites excluding steroid dienone is 2. The number of para-hydroxylation sites is 1. The number of nitrogens with zero attached hydrogens (tertiary/aromatic N) is 3. The first kappa shape index (κ1) is 21.5. The lowest BCUT2D eigenvalue weighted by Crippen LogP contribution is -2.50. The number of rotatable bonds is 2. The number of hydrogen-bond donors (Lipinski definition) is 0. The van der Waals surface area contributed by atoms with Crippen molar-refractivity contribution in [2.75, 3.05) is 26.0 Å². The largest absolute Gasteiger partial charge is 0.456 e. The van der Waals surface area contributed by atoms with Gasteiger partial charge in [-0.25, -0.2) is 4.58 Å². The SMILES string of the molecule is CN1c2ccc([N+](=O)[O-])cc2C(C)(C)C12C=CC1=C(S2)c2ccccc2O/C1=C\C=[N+](C)C. The highest BCUT2D eigenvalue weighted by atomic mass is 32.2. The van der Waals surface area contributed by atoms with Crippen molar-refractivity contribution in [3.05, 3.63) is 93.3 Å². The van der Waals surface area contributed by atoms with E-state index in [0.717, 1.165) is 38.8 Å². The summed E-state index contributed by atoms with van der Waals surface area (Å²) in [6.07, 6.45) is 8.35. The number of fused-ring (bicyclic) bond motifs is 3. The molecule has 0 aromatic heterocycles. The number of benzene rings is 2. The summed E-state index contributed by atoms with van der Waals surface area (Å²) in [7, 11) is 6.04. The summed E-state index contributed by atoms with van der Waals surface area (Å²) < 4.78 is 8.26. The van der Waals surface area contributed by atoms with Crippen LogP contribution in [0.15, 0.2) is 72.0 Å². The topological polar surface area (TPSA) is 58.6 Å². The molecule has 3 aliphatic heterocycles. The van der Waals surface area contributed by atoms with E-state index in [1.54, 1.807) is 23.9 Å². The Morgan fingerprint density at radius 3 is 2.64 bits per heavy atom. The molecule has 0 saturated heterocycles. The average Bonchev–Trinajstić information content (AvgIpc) is 2.95. The highest BCUT2D eigenvalue weighted by Crippen LogP contribution is 2.63. The molecule has 0 N–H and O–H groups in total. The highest BCUT2D eigenvalue weighted by molar-refractivity contribution is 8.10. The van der Waals surface area contributed by atoms with Gasteiger partial charge in [0.1, 0.15) is 30.5 Å². The predicted molar refractivity (Wildman–Crippen MR) is 134 cm³/mol. The molecule has 0 saturated carbocycles. The Labute approximate surface area is 197 Å². The van der Waals surface area contributed by atoms with Crippen LogP contribution < -0.4 is 9.64 Å². The summed E-state index contributed by atoms with van der Waals surface area (Å²) in [5.41, 5.74) is 3.86. The van der Waals surface area contributed by atoms with Crippen LogP contribution in [0.3, 0.4) is 0 Å². The summed E-state index contributed by atoms with van der Waals surface area (Å²) in [6.45, 7) is 4.34. The van der Waals surface area contributed by atoms with Crippen LogP contribution in [-0.4, -0.2) is 41.7 Å². The van der Waals surface area contributed by atoms with Gasteiger partial charge in [-0.15, -0.1) is 0 Å². The first-order valence-electron chi connectivity index (χ1n) is 10.8. The van der Waals surface area contributed by atoms with Crippen molar-refractivity contribution in [2.24, 2.45) is 0 Å². The van der Waals surface area contributed by atoms with E-state index in [1.165, 1.54) is 0 Å². The molecule has 0 aliphatic carbocycles. The predicted octanol–water partition coefficient (Wildman–Crippen LogP) is 5.35. The zero-order valence-electron chi connectivity index (χ0n) is 19.3. The van der Waals surface area contributed by atoms with Gasteiger partial charge in [-0.2, -0.15) is 0 Å². The Morgan fingerprint density at radius 1 is 1.15 bits per heavy atom. The zero-order valence-corrected chi connectivity index (χ0v) is 20.1. The second-order valence-electron chi connectivity index (χ2n) is 9.26. The molecule has 3 aliphatic rings. The Bertz CT molecular complexity index is 1320. The summed E-state index contributed by atoms with van der Waals surface area (Å²) in [6, 6.07) is 13.3. The molecule has 0 amide bonds. The van der Waals surface area contributed by atoms with E-state index in [4.69, 9.17) is 4.74 Å². The molecule has 1 spiro atoms. The lowest BCUT2D eigenvalue weighted by molar-refractivity contribution is -0.458. The summed E-state index contributed by atoms with van der Waals surface area (Å²) in [5.74, 6) is 1.64. The second-order valence-corrected chi connectivity index (χ2v) is 10.5. The lowest BCUT2D eigenvalue weighted by Gasteiger charge is -2.46. The number of nitro benzene ring substituents is 1. The van der Waals surface area contributed by atoms with Gasteiger partial charge >= 0.3 is 0 Å². The quantitative estimate of drug-likeness (QED) is 0.262. The molecule has 33 heavy (non-hydrogen) atoms. The normalized spacial score (nSPS) is 23.2. The molecular formula is C26H26N3O3S+. The molecule has 5 rings (SSSR count). The van der Waals surface area contributed by atoms with Gasteiger partial charge in [0.2, 0.25) is 0 Å². The molecule has 2 aromatic carbocycles. The number of ether oxygens (including phenoxy) is 1. The third-order valence-electron chi connectivity index (χ3n) is 6.74. The monoisotopic (exact) mass is 460 g/mol. The molecule has 6 nitrogen and oxygen atoms in total. The molecule has 3 heterocycles. The number of hydrogen-bond acceptors (Lipinski definition) is 5. The third kappa shape index (κ3) is 3.06. The van der Waals surface area contributed by atoms with Gasteiger partial charge in [0.25, 0.3) is 5.69 Å². The zero-order chi connectivity index (χ0) is 23.5. The summed E-state index contributed by atoms with van der Waals surface area (Å²) in [4.78, 5) is 14.1. The van der Waals surface area contributed by atoms with E-state index >= 15 is 0 Å². The number of likely N-dealkylation sites (N-methyl/N-ethyl adjacent to an activating group) is 1. The van der Waals surface area contributed by atoms with Crippen LogP contribution in [0.25, 0.3) is 4.91 Å². The van der Waals surface area contributed by atoms with E-state index in [9.17, 15) is 10.1 Å². The van der Waals surface area contributed by atoms with Gasteiger partial charge in [-0.05, 0) is 23.8 Å².